The molecule has 0 spiro atoms. The van der Waals surface area contributed by atoms with E-state index in [1.807, 2.05) is 19.1 Å². The maximum absolute atomic E-state index is 12.4. The molecule has 2 unspecified atom stereocenters. The first kappa shape index (κ1) is 17.4. The van der Waals surface area contributed by atoms with Crippen LogP contribution in [-0.2, 0) is 14.3 Å². The number of anilines is 1. The van der Waals surface area contributed by atoms with Crippen molar-refractivity contribution in [3.05, 3.63) is 23.9 Å². The molecule has 1 saturated heterocycles. The number of hydrogen-bond donors (Lipinski definition) is 2. The molecule has 1 aromatic heterocycles. The maximum Gasteiger partial charge on any atom is 0.241 e. The van der Waals surface area contributed by atoms with E-state index >= 15 is 0 Å². The van der Waals surface area contributed by atoms with Gasteiger partial charge in [0, 0.05) is 25.9 Å². The van der Waals surface area contributed by atoms with E-state index in [2.05, 4.69) is 10.3 Å². The Bertz CT molecular complexity index is 564. The Morgan fingerprint density at radius 1 is 1.52 bits per heavy atom. The molecule has 2 rings (SSSR count). The Kier molecular flexibility index (Phi) is 6.06. The molecule has 1 aliphatic heterocycles. The zero-order valence-corrected chi connectivity index (χ0v) is 13.6. The lowest BCUT2D eigenvalue weighted by atomic mass is 9.96. The lowest BCUT2D eigenvalue weighted by molar-refractivity contribution is -0.136. The second kappa shape index (κ2) is 8.03. The zero-order chi connectivity index (χ0) is 16.8. The molecule has 7 heteroatoms. The van der Waals surface area contributed by atoms with Gasteiger partial charge in [-0.2, -0.15) is 0 Å². The Balaban J connectivity index is 1.95. The Hall–Kier alpha value is -1.99. The van der Waals surface area contributed by atoms with E-state index in [1.165, 1.54) is 7.11 Å². The lowest BCUT2D eigenvalue weighted by Gasteiger charge is -2.33. The molecule has 0 saturated carbocycles. The van der Waals surface area contributed by atoms with E-state index in [0.29, 0.717) is 18.9 Å². The summed E-state index contributed by atoms with van der Waals surface area (Å²) in [6, 6.07) is 4.79. The fourth-order valence-electron chi connectivity index (χ4n) is 2.72. The molecule has 1 aromatic rings. The average Bonchev–Trinajstić information content (AvgIpc) is 2.54. The summed E-state index contributed by atoms with van der Waals surface area (Å²) < 4.78 is 4.92. The maximum atomic E-state index is 12.4. The molecule has 0 aromatic carbocycles. The average molecular weight is 320 g/mol. The molecular formula is C16H24N4O3. The quantitative estimate of drug-likeness (QED) is 0.825. The van der Waals surface area contributed by atoms with Crippen LogP contribution in [0.15, 0.2) is 18.2 Å². The van der Waals surface area contributed by atoms with Crippen molar-refractivity contribution in [1.82, 2.24) is 9.88 Å². The number of aryl methyl sites for hydroxylation is 1. The Morgan fingerprint density at radius 3 is 3.00 bits per heavy atom. The number of nitrogens with one attached hydrogen (secondary N) is 1. The highest BCUT2D eigenvalue weighted by atomic mass is 16.5. The number of nitrogens with two attached hydrogens (primary N) is 1. The first-order chi connectivity index (χ1) is 11.0. The van der Waals surface area contributed by atoms with Crippen molar-refractivity contribution in [2.75, 3.05) is 32.1 Å². The van der Waals surface area contributed by atoms with Crippen molar-refractivity contribution < 1.29 is 14.3 Å². The summed E-state index contributed by atoms with van der Waals surface area (Å²) in [4.78, 5) is 30.6. The minimum Gasteiger partial charge on any atom is -0.383 e. The molecule has 2 atom stereocenters. The van der Waals surface area contributed by atoms with E-state index in [4.69, 9.17) is 10.5 Å². The standard InChI is InChI=1S/C16H24N4O3/c1-11-5-3-7-14(18-11)19-15(21)12-6-4-8-20(9-12)16(22)13(17)10-23-2/h3,5,7,12-13H,4,6,8-10,17H2,1-2H3,(H,18,19,21). The highest BCUT2D eigenvalue weighted by Gasteiger charge is 2.30. The first-order valence-electron chi connectivity index (χ1n) is 7.79. The van der Waals surface area contributed by atoms with Crippen molar-refractivity contribution in [2.45, 2.75) is 25.8 Å². The minimum atomic E-state index is -0.680. The number of amides is 2. The van der Waals surface area contributed by atoms with Crippen molar-refractivity contribution in [1.29, 1.82) is 0 Å². The van der Waals surface area contributed by atoms with Crippen LogP contribution in [0.3, 0.4) is 0 Å². The van der Waals surface area contributed by atoms with Gasteiger partial charge in [0.1, 0.15) is 11.9 Å². The van der Waals surface area contributed by atoms with Gasteiger partial charge in [-0.15, -0.1) is 0 Å². The van der Waals surface area contributed by atoms with Crippen LogP contribution in [0, 0.1) is 12.8 Å². The highest BCUT2D eigenvalue weighted by Crippen LogP contribution is 2.19. The van der Waals surface area contributed by atoms with Crippen molar-refractivity contribution in [2.24, 2.45) is 11.7 Å². The summed E-state index contributed by atoms with van der Waals surface area (Å²) in [5, 5.41) is 2.82. The van der Waals surface area contributed by atoms with Gasteiger partial charge >= 0.3 is 0 Å². The molecule has 2 amide bonds. The highest BCUT2D eigenvalue weighted by molar-refractivity contribution is 5.92. The molecule has 3 N–H and O–H groups in total. The van der Waals surface area contributed by atoms with Gasteiger partial charge in [-0.3, -0.25) is 9.59 Å². The number of aromatic nitrogens is 1. The summed E-state index contributed by atoms with van der Waals surface area (Å²) >= 11 is 0. The molecule has 7 nitrogen and oxygen atoms in total. The zero-order valence-electron chi connectivity index (χ0n) is 13.6. The molecule has 1 fully saturated rings. The van der Waals surface area contributed by atoms with E-state index in [9.17, 15) is 9.59 Å². The largest absolute Gasteiger partial charge is 0.383 e. The number of hydrogen-bond acceptors (Lipinski definition) is 5. The minimum absolute atomic E-state index is 0.110. The molecule has 0 aliphatic carbocycles. The first-order valence-corrected chi connectivity index (χ1v) is 7.79. The summed E-state index contributed by atoms with van der Waals surface area (Å²) in [5.74, 6) is 0.0123. The SMILES string of the molecule is COCC(N)C(=O)N1CCCC(C(=O)Nc2cccc(C)n2)C1. The smallest absolute Gasteiger partial charge is 0.241 e. The van der Waals surface area contributed by atoms with Crippen molar-refractivity contribution in [3.8, 4) is 0 Å². The third-order valence-electron chi connectivity index (χ3n) is 3.91. The van der Waals surface area contributed by atoms with E-state index in [-0.39, 0.29) is 24.3 Å². The summed E-state index contributed by atoms with van der Waals surface area (Å²) in [6.07, 6.45) is 1.53. The monoisotopic (exact) mass is 320 g/mol. The number of carbonyl (C=O) groups excluding carboxylic acids is 2. The van der Waals surface area contributed by atoms with E-state index in [1.54, 1.807) is 11.0 Å². The number of nitrogens with zero attached hydrogens (tertiary/aromatic N) is 2. The van der Waals surface area contributed by atoms with Crippen LogP contribution in [0.4, 0.5) is 5.82 Å². The second-order valence-corrected chi connectivity index (χ2v) is 5.84. The van der Waals surface area contributed by atoms with Gasteiger partial charge in [0.15, 0.2) is 0 Å². The fraction of sp³-hybridized carbons (Fsp3) is 0.562. The Labute approximate surface area is 136 Å². The van der Waals surface area contributed by atoms with Crippen molar-refractivity contribution in [3.63, 3.8) is 0 Å². The molecule has 2 heterocycles. The number of piperidine rings is 1. The number of pyridine rings is 1. The summed E-state index contributed by atoms with van der Waals surface area (Å²) in [7, 11) is 1.51. The second-order valence-electron chi connectivity index (χ2n) is 5.84. The van der Waals surface area contributed by atoms with Gasteiger partial charge in [0.2, 0.25) is 11.8 Å². The van der Waals surface area contributed by atoms with E-state index < -0.39 is 6.04 Å². The van der Waals surface area contributed by atoms with Gasteiger partial charge in [0.25, 0.3) is 0 Å². The normalized spacial score (nSPS) is 19.3. The predicted molar refractivity (Wildman–Crippen MR) is 86.8 cm³/mol. The van der Waals surface area contributed by atoms with Gasteiger partial charge < -0.3 is 20.7 Å². The van der Waals surface area contributed by atoms with Gasteiger partial charge in [0.05, 0.1) is 12.5 Å². The van der Waals surface area contributed by atoms with Crippen LogP contribution in [0.2, 0.25) is 0 Å². The van der Waals surface area contributed by atoms with Crippen LogP contribution in [0.25, 0.3) is 0 Å². The molecule has 0 bridgehead atoms. The fourth-order valence-corrected chi connectivity index (χ4v) is 2.72. The third-order valence-corrected chi connectivity index (χ3v) is 3.91. The third kappa shape index (κ3) is 4.74. The Morgan fingerprint density at radius 2 is 2.30 bits per heavy atom. The topological polar surface area (TPSA) is 97.5 Å². The van der Waals surface area contributed by atoms with Crippen LogP contribution >= 0.6 is 0 Å². The van der Waals surface area contributed by atoms with Crippen LogP contribution < -0.4 is 11.1 Å². The molecule has 23 heavy (non-hydrogen) atoms. The van der Waals surface area contributed by atoms with Gasteiger partial charge in [-0.25, -0.2) is 4.98 Å². The van der Waals surface area contributed by atoms with Gasteiger partial charge in [-0.05, 0) is 31.9 Å². The number of carbonyl (C=O) groups is 2. The molecule has 1 aliphatic rings. The number of likely N-dealkylation sites (tertiary alicyclic amines) is 1. The number of rotatable bonds is 5. The predicted octanol–water partition coefficient (Wildman–Crippen LogP) is 0.541. The molecular weight excluding hydrogens is 296 g/mol. The lowest BCUT2D eigenvalue weighted by Crippen LogP contribution is -2.51. The summed E-state index contributed by atoms with van der Waals surface area (Å²) in [5.41, 5.74) is 6.64. The van der Waals surface area contributed by atoms with Crippen molar-refractivity contribution >= 4 is 17.6 Å². The van der Waals surface area contributed by atoms with Gasteiger partial charge in [-0.1, -0.05) is 6.07 Å². The number of methoxy groups -OCH3 is 1. The number of ether oxygens (including phenoxy) is 1. The van der Waals surface area contributed by atoms with E-state index in [0.717, 1.165) is 18.5 Å². The van der Waals surface area contributed by atoms with Crippen LogP contribution in [0.1, 0.15) is 18.5 Å². The molecule has 0 radical (unpaired) electrons. The van der Waals surface area contributed by atoms with Crippen LogP contribution in [0.5, 0.6) is 0 Å². The molecule has 126 valence electrons. The summed E-state index contributed by atoms with van der Waals surface area (Å²) in [6.45, 7) is 3.06. The van der Waals surface area contributed by atoms with Crippen LogP contribution in [-0.4, -0.2) is 54.5 Å².